The molecule has 2 aliphatic heterocycles. The Labute approximate surface area is 166 Å². The smallest absolute Gasteiger partial charge is 0.313 e. The molecule has 8 nitrogen and oxygen atoms in total. The molecule has 2 aromatic rings. The molecule has 3 amide bonds. The van der Waals surface area contributed by atoms with Crippen molar-refractivity contribution in [1.29, 1.82) is 0 Å². The molecule has 0 bridgehead atoms. The second kappa shape index (κ2) is 7.38. The largest absolute Gasteiger partial charge is 0.495 e. The fraction of sp³-hybridized carbons (Fsp3) is 0.238. The van der Waals surface area contributed by atoms with E-state index >= 15 is 0 Å². The van der Waals surface area contributed by atoms with E-state index in [4.69, 9.17) is 9.47 Å². The lowest BCUT2D eigenvalue weighted by Gasteiger charge is -2.19. The molecule has 0 radical (unpaired) electrons. The van der Waals surface area contributed by atoms with Gasteiger partial charge in [-0.2, -0.15) is 0 Å². The predicted octanol–water partition coefficient (Wildman–Crippen LogP) is 1.84. The van der Waals surface area contributed by atoms with Crippen LogP contribution in [0.5, 0.6) is 5.75 Å². The normalized spacial score (nSPS) is 18.2. The zero-order chi connectivity index (χ0) is 20.5. The first-order valence-electron chi connectivity index (χ1n) is 9.06. The molecular weight excluding hydrogens is 376 g/mol. The topological polar surface area (TPSA) is 93.2 Å². The van der Waals surface area contributed by atoms with E-state index in [0.717, 1.165) is 4.90 Å². The van der Waals surface area contributed by atoms with Gasteiger partial charge in [0, 0.05) is 13.0 Å². The molecule has 4 rings (SSSR count). The van der Waals surface area contributed by atoms with Crippen molar-refractivity contribution < 1.29 is 28.7 Å². The summed E-state index contributed by atoms with van der Waals surface area (Å²) in [6.45, 7) is -0.343. The summed E-state index contributed by atoms with van der Waals surface area (Å²) in [6, 6.07) is 13.5. The molecule has 148 valence electrons. The minimum Gasteiger partial charge on any atom is -0.495 e. The number of ether oxygens (including phenoxy) is 2. The van der Waals surface area contributed by atoms with Crippen LogP contribution in [0, 0.1) is 5.92 Å². The molecule has 8 heteroatoms. The zero-order valence-corrected chi connectivity index (χ0v) is 15.7. The number of esters is 1. The van der Waals surface area contributed by atoms with Gasteiger partial charge in [-0.3, -0.25) is 19.2 Å². The second-order valence-corrected chi connectivity index (χ2v) is 6.75. The van der Waals surface area contributed by atoms with Gasteiger partial charge in [-0.25, -0.2) is 4.90 Å². The van der Waals surface area contributed by atoms with Crippen LogP contribution in [0.2, 0.25) is 0 Å². The maximum Gasteiger partial charge on any atom is 0.313 e. The molecule has 0 spiro atoms. The highest BCUT2D eigenvalue weighted by molar-refractivity contribution is 6.21. The Hall–Kier alpha value is -3.68. The van der Waals surface area contributed by atoms with Crippen molar-refractivity contribution in [3.8, 4) is 5.75 Å². The molecule has 0 aromatic heterocycles. The number of carbonyl (C=O) groups excluding carboxylic acids is 4. The van der Waals surface area contributed by atoms with Gasteiger partial charge in [-0.15, -0.1) is 0 Å². The Kier molecular flexibility index (Phi) is 4.75. The summed E-state index contributed by atoms with van der Waals surface area (Å²) in [5.41, 5.74) is 1.15. The molecule has 2 heterocycles. The number of methoxy groups -OCH3 is 1. The van der Waals surface area contributed by atoms with Crippen LogP contribution in [-0.4, -0.2) is 49.0 Å². The highest BCUT2D eigenvalue weighted by Gasteiger charge is 2.39. The van der Waals surface area contributed by atoms with E-state index in [1.54, 1.807) is 48.5 Å². The van der Waals surface area contributed by atoms with Gasteiger partial charge >= 0.3 is 5.97 Å². The molecule has 29 heavy (non-hydrogen) atoms. The Bertz CT molecular complexity index is 983. The number of rotatable bonds is 5. The molecule has 1 saturated heterocycles. The van der Waals surface area contributed by atoms with Crippen molar-refractivity contribution in [3.63, 3.8) is 0 Å². The Morgan fingerprint density at radius 3 is 2.28 bits per heavy atom. The number of para-hydroxylation sites is 2. The van der Waals surface area contributed by atoms with E-state index < -0.39 is 30.4 Å². The van der Waals surface area contributed by atoms with Crippen LogP contribution in [0.15, 0.2) is 48.5 Å². The summed E-state index contributed by atoms with van der Waals surface area (Å²) in [4.78, 5) is 51.9. The number of nitrogens with zero attached hydrogens (tertiary/aromatic N) is 2. The van der Waals surface area contributed by atoms with E-state index in [2.05, 4.69) is 0 Å². The first-order chi connectivity index (χ1) is 14.0. The minimum atomic E-state index is -0.692. The monoisotopic (exact) mass is 394 g/mol. The van der Waals surface area contributed by atoms with Crippen molar-refractivity contribution in [2.24, 2.45) is 5.92 Å². The van der Waals surface area contributed by atoms with Crippen LogP contribution < -0.4 is 9.64 Å². The molecule has 0 unspecified atom stereocenters. The molecule has 1 atom stereocenters. The number of fused-ring (bicyclic) bond motifs is 1. The first kappa shape index (κ1) is 18.7. The maximum atomic E-state index is 12.5. The first-order valence-corrected chi connectivity index (χ1v) is 9.06. The summed E-state index contributed by atoms with van der Waals surface area (Å²) in [5.74, 6) is -2.03. The predicted molar refractivity (Wildman–Crippen MR) is 101 cm³/mol. The number of benzene rings is 2. The zero-order valence-electron chi connectivity index (χ0n) is 15.7. The molecule has 0 N–H and O–H groups in total. The lowest BCUT2D eigenvalue weighted by Crippen LogP contribution is -2.35. The van der Waals surface area contributed by atoms with E-state index in [1.807, 2.05) is 0 Å². The summed E-state index contributed by atoms with van der Waals surface area (Å²) in [5, 5.41) is 0. The lowest BCUT2D eigenvalue weighted by molar-refractivity contribution is -0.151. The van der Waals surface area contributed by atoms with Gasteiger partial charge in [0.2, 0.25) is 5.91 Å². The van der Waals surface area contributed by atoms with E-state index in [0.29, 0.717) is 11.4 Å². The average molecular weight is 394 g/mol. The van der Waals surface area contributed by atoms with E-state index in [9.17, 15) is 19.2 Å². The third-order valence-corrected chi connectivity index (χ3v) is 5.05. The number of hydrogen-bond acceptors (Lipinski definition) is 6. The number of anilines is 1. The van der Waals surface area contributed by atoms with Gasteiger partial charge < -0.3 is 14.4 Å². The number of amides is 3. The number of hydrogen-bond donors (Lipinski definition) is 0. The van der Waals surface area contributed by atoms with E-state index in [1.165, 1.54) is 12.0 Å². The van der Waals surface area contributed by atoms with Crippen LogP contribution in [0.4, 0.5) is 5.69 Å². The second-order valence-electron chi connectivity index (χ2n) is 6.75. The summed E-state index contributed by atoms with van der Waals surface area (Å²) < 4.78 is 10.5. The summed E-state index contributed by atoms with van der Waals surface area (Å²) >= 11 is 0. The van der Waals surface area contributed by atoms with Crippen molar-refractivity contribution in [2.75, 3.05) is 25.3 Å². The van der Waals surface area contributed by atoms with Crippen LogP contribution in [-0.2, 0) is 14.3 Å². The number of imide groups is 1. The van der Waals surface area contributed by atoms with Crippen molar-refractivity contribution in [2.45, 2.75) is 6.42 Å². The van der Waals surface area contributed by atoms with Gasteiger partial charge in [-0.05, 0) is 24.3 Å². The fourth-order valence-corrected chi connectivity index (χ4v) is 3.55. The molecule has 2 aromatic carbocycles. The molecule has 0 aliphatic carbocycles. The van der Waals surface area contributed by atoms with Crippen LogP contribution in [0.1, 0.15) is 27.1 Å². The molecular formula is C21H18N2O6. The third-order valence-electron chi connectivity index (χ3n) is 5.05. The standard InChI is InChI=1S/C21H18N2O6/c1-28-17-9-5-4-8-16(17)22-11-13(10-18(22)24)21(27)29-12-23-19(25)14-6-2-3-7-15(14)20(23)26/h2-9,13H,10-12H2,1H3/t13-/m0/s1. The third kappa shape index (κ3) is 3.22. The Balaban J connectivity index is 1.41. The van der Waals surface area contributed by atoms with Gasteiger partial charge in [0.1, 0.15) is 5.75 Å². The van der Waals surface area contributed by atoms with Crippen LogP contribution in [0.25, 0.3) is 0 Å². The summed E-state index contributed by atoms with van der Waals surface area (Å²) in [7, 11) is 1.51. The molecule has 0 saturated carbocycles. The highest BCUT2D eigenvalue weighted by atomic mass is 16.5. The maximum absolute atomic E-state index is 12.5. The van der Waals surface area contributed by atoms with Gasteiger partial charge in [0.15, 0.2) is 6.73 Å². The van der Waals surface area contributed by atoms with Gasteiger partial charge in [0.05, 0.1) is 29.8 Å². The fourth-order valence-electron chi connectivity index (χ4n) is 3.55. The van der Waals surface area contributed by atoms with Crippen LogP contribution >= 0.6 is 0 Å². The van der Waals surface area contributed by atoms with Crippen molar-refractivity contribution in [3.05, 3.63) is 59.7 Å². The van der Waals surface area contributed by atoms with Crippen molar-refractivity contribution >= 4 is 29.4 Å². The van der Waals surface area contributed by atoms with Crippen molar-refractivity contribution in [1.82, 2.24) is 4.90 Å². The van der Waals surface area contributed by atoms with Crippen LogP contribution in [0.3, 0.4) is 0 Å². The minimum absolute atomic E-state index is 0.0149. The van der Waals surface area contributed by atoms with E-state index in [-0.39, 0.29) is 30.0 Å². The summed E-state index contributed by atoms with van der Waals surface area (Å²) in [6.07, 6.45) is -0.0149. The quantitative estimate of drug-likeness (QED) is 0.568. The average Bonchev–Trinajstić information content (AvgIpc) is 3.25. The molecule has 2 aliphatic rings. The van der Waals surface area contributed by atoms with Gasteiger partial charge in [0.25, 0.3) is 11.8 Å². The SMILES string of the molecule is COc1ccccc1N1C[C@@H](C(=O)OCN2C(=O)c3ccccc3C2=O)CC1=O. The van der Waals surface area contributed by atoms with Gasteiger partial charge in [-0.1, -0.05) is 24.3 Å². The Morgan fingerprint density at radius 1 is 1.00 bits per heavy atom. The Morgan fingerprint density at radius 2 is 1.62 bits per heavy atom. The highest BCUT2D eigenvalue weighted by Crippen LogP contribution is 2.33. The lowest BCUT2D eigenvalue weighted by atomic mass is 10.1. The molecule has 1 fully saturated rings. The number of carbonyl (C=O) groups is 4.